The maximum Gasteiger partial charge on any atom is 0.239 e. The molecule has 3 heterocycles. The molecule has 3 aliphatic rings. The van der Waals surface area contributed by atoms with Crippen LogP contribution in [0.5, 0.6) is 0 Å². The fourth-order valence-electron chi connectivity index (χ4n) is 3.47. The highest BCUT2D eigenvalue weighted by atomic mass is 35.5. The van der Waals surface area contributed by atoms with Crippen molar-refractivity contribution < 1.29 is 4.79 Å². The second-order valence-corrected chi connectivity index (χ2v) is 5.62. The molecule has 0 saturated carbocycles. The van der Waals surface area contributed by atoms with Crippen LogP contribution in [0, 0.1) is 0 Å². The third-order valence-corrected chi connectivity index (χ3v) is 4.51. The van der Waals surface area contributed by atoms with Crippen molar-refractivity contribution in [1.82, 2.24) is 15.1 Å². The molecule has 0 aliphatic carbocycles. The molecule has 19 heavy (non-hydrogen) atoms. The van der Waals surface area contributed by atoms with E-state index in [4.69, 9.17) is 0 Å². The highest BCUT2D eigenvalue weighted by molar-refractivity contribution is 5.85. The van der Waals surface area contributed by atoms with Gasteiger partial charge in [0.1, 0.15) is 0 Å². The predicted octanol–water partition coefficient (Wildman–Crippen LogP) is 1.28. The van der Waals surface area contributed by atoms with Crippen LogP contribution in [0.1, 0.15) is 32.1 Å². The van der Waals surface area contributed by atoms with Crippen molar-refractivity contribution in [2.45, 2.75) is 44.2 Å². The van der Waals surface area contributed by atoms with Gasteiger partial charge in [-0.25, -0.2) is 0 Å². The lowest BCUT2D eigenvalue weighted by Crippen LogP contribution is -2.58. The Kier molecular flexibility index (Phi) is 6.87. The number of carbonyl (C=O) groups excluding carboxylic acids is 1. The van der Waals surface area contributed by atoms with Crippen LogP contribution in [0.25, 0.3) is 0 Å². The lowest BCUT2D eigenvalue weighted by atomic mass is 9.99. The highest BCUT2D eigenvalue weighted by Crippen LogP contribution is 2.22. The Balaban J connectivity index is 0.000000902. The van der Waals surface area contributed by atoms with E-state index < -0.39 is 0 Å². The molecule has 1 unspecified atom stereocenters. The molecule has 3 saturated heterocycles. The van der Waals surface area contributed by atoms with Crippen LogP contribution >= 0.6 is 24.8 Å². The molecule has 0 spiro atoms. The SMILES string of the molecule is Cl.Cl.O=C([C@@H]1CCCN1)N1CCN2CCCCC2C1. The summed E-state index contributed by atoms with van der Waals surface area (Å²) in [5, 5.41) is 3.32. The number of fused-ring (bicyclic) bond motifs is 1. The van der Waals surface area contributed by atoms with Crippen molar-refractivity contribution in [1.29, 1.82) is 0 Å². The van der Waals surface area contributed by atoms with Crippen molar-refractivity contribution in [3.8, 4) is 0 Å². The molecule has 0 aromatic rings. The second-order valence-electron chi connectivity index (χ2n) is 5.62. The number of halogens is 2. The first-order valence-electron chi connectivity index (χ1n) is 7.11. The Morgan fingerprint density at radius 3 is 2.58 bits per heavy atom. The zero-order valence-electron chi connectivity index (χ0n) is 11.3. The van der Waals surface area contributed by atoms with Gasteiger partial charge in [-0.05, 0) is 38.8 Å². The fourth-order valence-corrected chi connectivity index (χ4v) is 3.47. The van der Waals surface area contributed by atoms with Gasteiger partial charge in [-0.2, -0.15) is 0 Å². The van der Waals surface area contributed by atoms with E-state index in [0.717, 1.165) is 39.0 Å². The van der Waals surface area contributed by atoms with E-state index >= 15 is 0 Å². The van der Waals surface area contributed by atoms with E-state index in [0.29, 0.717) is 11.9 Å². The van der Waals surface area contributed by atoms with Gasteiger partial charge in [0, 0.05) is 25.7 Å². The zero-order chi connectivity index (χ0) is 11.7. The molecule has 0 bridgehead atoms. The van der Waals surface area contributed by atoms with Crippen LogP contribution in [-0.2, 0) is 4.79 Å². The molecule has 0 aromatic heterocycles. The third kappa shape index (κ3) is 3.75. The maximum atomic E-state index is 12.3. The summed E-state index contributed by atoms with van der Waals surface area (Å²) < 4.78 is 0. The van der Waals surface area contributed by atoms with E-state index in [2.05, 4.69) is 15.1 Å². The number of nitrogens with one attached hydrogen (secondary N) is 1. The summed E-state index contributed by atoms with van der Waals surface area (Å²) in [4.78, 5) is 17.0. The van der Waals surface area contributed by atoms with Gasteiger partial charge in [0.2, 0.25) is 5.91 Å². The quantitative estimate of drug-likeness (QED) is 0.792. The number of hydrogen-bond acceptors (Lipinski definition) is 3. The van der Waals surface area contributed by atoms with Crippen molar-refractivity contribution >= 4 is 30.7 Å². The normalized spacial score (nSPS) is 31.1. The van der Waals surface area contributed by atoms with E-state index in [1.54, 1.807) is 0 Å². The molecule has 3 fully saturated rings. The van der Waals surface area contributed by atoms with Crippen molar-refractivity contribution in [2.24, 2.45) is 0 Å². The average Bonchev–Trinajstić information content (AvgIpc) is 2.91. The van der Waals surface area contributed by atoms with Gasteiger partial charge in [-0.3, -0.25) is 9.69 Å². The van der Waals surface area contributed by atoms with Crippen molar-refractivity contribution in [3.63, 3.8) is 0 Å². The number of nitrogens with zero attached hydrogens (tertiary/aromatic N) is 2. The van der Waals surface area contributed by atoms with Crippen molar-refractivity contribution in [3.05, 3.63) is 0 Å². The number of carbonyl (C=O) groups is 1. The van der Waals surface area contributed by atoms with Gasteiger partial charge >= 0.3 is 0 Å². The van der Waals surface area contributed by atoms with E-state index in [-0.39, 0.29) is 30.9 Å². The highest BCUT2D eigenvalue weighted by Gasteiger charge is 2.34. The minimum atomic E-state index is 0. The summed E-state index contributed by atoms with van der Waals surface area (Å²) in [6.45, 7) is 5.25. The first kappa shape index (κ1) is 17.0. The standard InChI is InChI=1S/C13H23N3O.2ClH/c17-13(12-5-3-6-14-12)16-9-8-15-7-2-1-4-11(15)10-16;;/h11-12,14H,1-10H2;2*1H/t11?,12-;;/m0../s1. The molecule has 0 aromatic carbocycles. The van der Waals surface area contributed by atoms with Crippen molar-refractivity contribution in [2.75, 3.05) is 32.7 Å². The van der Waals surface area contributed by atoms with Gasteiger partial charge in [-0.1, -0.05) is 6.42 Å². The summed E-state index contributed by atoms with van der Waals surface area (Å²) in [5.74, 6) is 0.354. The van der Waals surface area contributed by atoms with Crippen LogP contribution in [0.3, 0.4) is 0 Å². The first-order chi connectivity index (χ1) is 8.34. The Morgan fingerprint density at radius 2 is 1.84 bits per heavy atom. The molecule has 3 rings (SSSR count). The summed E-state index contributed by atoms with van der Waals surface area (Å²) in [6, 6.07) is 0.757. The van der Waals surface area contributed by atoms with Crippen LogP contribution in [0.4, 0.5) is 0 Å². The minimum absolute atomic E-state index is 0. The van der Waals surface area contributed by atoms with Gasteiger partial charge in [0.05, 0.1) is 6.04 Å². The number of hydrogen-bond donors (Lipinski definition) is 1. The number of piperidine rings is 1. The Bertz CT molecular complexity index is 298. The summed E-state index contributed by atoms with van der Waals surface area (Å²) in [5.41, 5.74) is 0. The van der Waals surface area contributed by atoms with Crippen LogP contribution in [0.2, 0.25) is 0 Å². The summed E-state index contributed by atoms with van der Waals surface area (Å²) in [7, 11) is 0. The third-order valence-electron chi connectivity index (χ3n) is 4.51. The monoisotopic (exact) mass is 309 g/mol. The zero-order valence-corrected chi connectivity index (χ0v) is 13.0. The molecular formula is C13H25Cl2N3O. The molecule has 2 atom stereocenters. The van der Waals surface area contributed by atoms with Crippen LogP contribution < -0.4 is 5.32 Å². The van der Waals surface area contributed by atoms with E-state index in [1.807, 2.05) is 0 Å². The molecule has 1 N–H and O–H groups in total. The number of amides is 1. The molecular weight excluding hydrogens is 285 g/mol. The predicted molar refractivity (Wildman–Crippen MR) is 81.3 cm³/mol. The number of piperazine rings is 1. The van der Waals surface area contributed by atoms with Gasteiger partial charge in [0.15, 0.2) is 0 Å². The summed E-state index contributed by atoms with van der Waals surface area (Å²) in [6.07, 6.45) is 6.14. The molecule has 1 amide bonds. The number of rotatable bonds is 1. The minimum Gasteiger partial charge on any atom is -0.338 e. The molecule has 6 heteroatoms. The van der Waals surface area contributed by atoms with E-state index in [1.165, 1.54) is 25.8 Å². The smallest absolute Gasteiger partial charge is 0.239 e. The topological polar surface area (TPSA) is 35.6 Å². The molecule has 3 aliphatic heterocycles. The first-order valence-corrected chi connectivity index (χ1v) is 7.11. The van der Waals surface area contributed by atoms with Gasteiger partial charge in [0.25, 0.3) is 0 Å². The Labute approximate surface area is 128 Å². The van der Waals surface area contributed by atoms with Gasteiger partial charge in [-0.15, -0.1) is 24.8 Å². The lowest BCUT2D eigenvalue weighted by molar-refractivity contribution is -0.136. The molecule has 4 nitrogen and oxygen atoms in total. The Morgan fingerprint density at radius 1 is 1.00 bits per heavy atom. The Hall–Kier alpha value is -0.0300. The van der Waals surface area contributed by atoms with Crippen LogP contribution in [0.15, 0.2) is 0 Å². The summed E-state index contributed by atoms with van der Waals surface area (Å²) >= 11 is 0. The van der Waals surface area contributed by atoms with Gasteiger partial charge < -0.3 is 10.2 Å². The van der Waals surface area contributed by atoms with Crippen LogP contribution in [-0.4, -0.2) is 60.5 Å². The second kappa shape index (κ2) is 7.67. The average molecular weight is 310 g/mol. The fraction of sp³-hybridized carbons (Fsp3) is 0.923. The maximum absolute atomic E-state index is 12.3. The lowest BCUT2D eigenvalue weighted by Gasteiger charge is -2.44. The largest absolute Gasteiger partial charge is 0.338 e. The molecule has 112 valence electrons. The van der Waals surface area contributed by atoms with E-state index in [9.17, 15) is 4.79 Å². The molecule has 0 radical (unpaired) electrons.